The van der Waals surface area contributed by atoms with Crippen molar-refractivity contribution < 1.29 is 0 Å². The molecular weight excluding hydrogens is 713 g/mol. The summed E-state index contributed by atoms with van der Waals surface area (Å²) in [6.45, 7) is 0. The third-order valence-corrected chi connectivity index (χ3v) is 12.0. The minimum Gasteiger partial charge on any atom is -0.343 e. The molecule has 0 aliphatic rings. The summed E-state index contributed by atoms with van der Waals surface area (Å²) in [5, 5.41) is 8.73. The first-order valence-electron chi connectivity index (χ1n) is 20.3. The van der Waals surface area contributed by atoms with Crippen LogP contribution in [0.15, 0.2) is 224 Å². The van der Waals surface area contributed by atoms with E-state index in [0.717, 1.165) is 17.1 Å². The molecule has 278 valence electrons. The van der Waals surface area contributed by atoms with Gasteiger partial charge in [-0.05, 0) is 96.7 Å². The van der Waals surface area contributed by atoms with E-state index in [-0.39, 0.29) is 0 Å². The van der Waals surface area contributed by atoms with Crippen molar-refractivity contribution in [2.24, 2.45) is 7.05 Å². The Bertz CT molecular complexity index is 3290. The molecule has 0 bridgehead atoms. The molecule has 0 aliphatic carbocycles. The zero-order valence-electron chi connectivity index (χ0n) is 32.8. The fourth-order valence-corrected chi connectivity index (χ4v) is 9.27. The van der Waals surface area contributed by atoms with Gasteiger partial charge in [-0.1, -0.05) is 188 Å². The normalized spacial score (nSPS) is 11.5. The van der Waals surface area contributed by atoms with Gasteiger partial charge in [-0.15, -0.1) is 0 Å². The van der Waals surface area contributed by atoms with Crippen LogP contribution in [0.5, 0.6) is 0 Å². The molecule has 0 fully saturated rings. The van der Waals surface area contributed by atoms with Crippen LogP contribution in [0.25, 0.3) is 87.9 Å². The van der Waals surface area contributed by atoms with Crippen molar-refractivity contribution in [3.05, 3.63) is 224 Å². The number of benzene rings is 10. The van der Waals surface area contributed by atoms with Gasteiger partial charge in [-0.2, -0.15) is 0 Å². The van der Waals surface area contributed by atoms with Crippen molar-refractivity contribution in [1.82, 2.24) is 4.57 Å². The summed E-state index contributed by atoms with van der Waals surface area (Å²) in [5.41, 5.74) is 14.3. The lowest BCUT2D eigenvalue weighted by Crippen LogP contribution is -2.10. The highest BCUT2D eigenvalue weighted by molar-refractivity contribution is 6.30. The molecule has 0 aliphatic heterocycles. The fourth-order valence-electron chi connectivity index (χ4n) is 9.27. The molecular formula is C57H40N2. The fraction of sp³-hybridized carbons (Fsp3) is 0.0175. The second-order valence-electron chi connectivity index (χ2n) is 15.3. The summed E-state index contributed by atoms with van der Waals surface area (Å²) >= 11 is 0. The summed E-state index contributed by atoms with van der Waals surface area (Å²) in [5.74, 6) is 0. The molecule has 59 heavy (non-hydrogen) atoms. The minimum atomic E-state index is 1.10. The molecule has 11 rings (SSSR count). The predicted molar refractivity (Wildman–Crippen MR) is 252 cm³/mol. The summed E-state index contributed by atoms with van der Waals surface area (Å²) in [7, 11) is 2.23. The summed E-state index contributed by atoms with van der Waals surface area (Å²) in [6, 6.07) is 81.6. The van der Waals surface area contributed by atoms with E-state index in [1.807, 2.05) is 0 Å². The van der Waals surface area contributed by atoms with Gasteiger partial charge in [0.2, 0.25) is 0 Å². The van der Waals surface area contributed by atoms with Gasteiger partial charge in [0.05, 0.1) is 11.2 Å². The molecule has 0 unspecified atom stereocenters. The average molecular weight is 753 g/mol. The molecule has 11 aromatic rings. The second-order valence-corrected chi connectivity index (χ2v) is 15.3. The smallest absolute Gasteiger partial charge is 0.0575 e. The SMILES string of the molecule is Cn1c(-c2ccccc2)c(-c2ccccc2)c2c3ccc(N(c4ccc(-c5ccccc5)cc4)c4ccc(-c5cccc6ccccc56)cc4)cc3c3ccccc3c21. The van der Waals surface area contributed by atoms with E-state index in [4.69, 9.17) is 0 Å². The minimum absolute atomic E-state index is 1.10. The van der Waals surface area contributed by atoms with Crippen LogP contribution in [0.3, 0.4) is 0 Å². The molecule has 0 amide bonds. The Kier molecular flexibility index (Phi) is 8.41. The molecule has 10 aromatic carbocycles. The van der Waals surface area contributed by atoms with Crippen LogP contribution in [-0.2, 0) is 7.05 Å². The van der Waals surface area contributed by atoms with Crippen LogP contribution in [0, 0.1) is 0 Å². The molecule has 2 nitrogen and oxygen atoms in total. The number of fused-ring (bicyclic) bond motifs is 7. The monoisotopic (exact) mass is 752 g/mol. The van der Waals surface area contributed by atoms with Gasteiger partial charge in [-0.25, -0.2) is 0 Å². The molecule has 1 aromatic heterocycles. The highest BCUT2D eigenvalue weighted by atomic mass is 15.1. The van der Waals surface area contributed by atoms with E-state index >= 15 is 0 Å². The van der Waals surface area contributed by atoms with Crippen LogP contribution in [0.4, 0.5) is 17.1 Å². The molecule has 0 atom stereocenters. The topological polar surface area (TPSA) is 8.17 Å². The maximum absolute atomic E-state index is 2.42. The lowest BCUT2D eigenvalue weighted by Gasteiger charge is -2.27. The predicted octanol–water partition coefficient (Wildman–Crippen LogP) is 15.8. The van der Waals surface area contributed by atoms with Gasteiger partial charge in [0.1, 0.15) is 0 Å². The number of aryl methyl sites for hydroxylation is 1. The molecule has 0 radical (unpaired) electrons. The first kappa shape index (κ1) is 34.6. The Balaban J connectivity index is 1.14. The van der Waals surface area contributed by atoms with Gasteiger partial charge in [-0.3, -0.25) is 0 Å². The molecule has 0 N–H and O–H groups in total. The Hall–Kier alpha value is -7.68. The number of aromatic nitrogens is 1. The van der Waals surface area contributed by atoms with Gasteiger partial charge >= 0.3 is 0 Å². The van der Waals surface area contributed by atoms with Gasteiger partial charge < -0.3 is 9.47 Å². The average Bonchev–Trinajstić information content (AvgIpc) is 3.63. The Morgan fingerprint density at radius 2 is 0.847 bits per heavy atom. The summed E-state index contributed by atoms with van der Waals surface area (Å²) < 4.78 is 2.42. The number of anilines is 3. The van der Waals surface area contributed by atoms with Crippen LogP contribution >= 0.6 is 0 Å². The highest BCUT2D eigenvalue weighted by Gasteiger charge is 2.24. The molecule has 2 heteroatoms. The second kappa shape index (κ2) is 14.4. The Labute approximate surface area is 344 Å². The largest absolute Gasteiger partial charge is 0.343 e. The van der Waals surface area contributed by atoms with Gasteiger partial charge in [0, 0.05) is 40.4 Å². The zero-order valence-corrected chi connectivity index (χ0v) is 32.8. The maximum atomic E-state index is 2.42. The van der Waals surface area contributed by atoms with Crippen molar-refractivity contribution in [3.8, 4) is 44.6 Å². The van der Waals surface area contributed by atoms with E-state index in [1.54, 1.807) is 0 Å². The molecule has 0 saturated carbocycles. The summed E-state index contributed by atoms with van der Waals surface area (Å²) in [6.07, 6.45) is 0. The Morgan fingerprint density at radius 1 is 0.339 bits per heavy atom. The number of hydrogen-bond acceptors (Lipinski definition) is 1. The lowest BCUT2D eigenvalue weighted by molar-refractivity contribution is 0.983. The van der Waals surface area contributed by atoms with Crippen molar-refractivity contribution in [2.75, 3.05) is 4.90 Å². The molecule has 0 saturated heterocycles. The van der Waals surface area contributed by atoms with E-state index in [9.17, 15) is 0 Å². The third kappa shape index (κ3) is 5.88. The van der Waals surface area contributed by atoms with Crippen LogP contribution in [0.2, 0.25) is 0 Å². The lowest BCUT2D eigenvalue weighted by atomic mass is 9.92. The van der Waals surface area contributed by atoms with Crippen LogP contribution in [0.1, 0.15) is 0 Å². The summed E-state index contributed by atoms with van der Waals surface area (Å²) in [4.78, 5) is 2.40. The molecule has 1 heterocycles. The standard InChI is InChI=1S/C57H40N2/c1-58-56(44-21-9-4-10-22-44)54(43-19-7-3-8-20-43)55-51-37-36-47(38-53(51)50-25-13-14-26-52(50)57(55)58)59(45-32-28-40(29-33-45)39-16-5-2-6-17-39)46-34-30-42(31-35-46)49-27-15-23-41-18-11-12-24-48(41)49/h2-38H,1H3. The maximum Gasteiger partial charge on any atom is 0.0575 e. The van der Waals surface area contributed by atoms with Crippen molar-refractivity contribution >= 4 is 60.3 Å². The first-order valence-corrected chi connectivity index (χ1v) is 20.3. The Morgan fingerprint density at radius 3 is 1.53 bits per heavy atom. The van der Waals surface area contributed by atoms with Crippen LogP contribution in [-0.4, -0.2) is 4.57 Å². The number of hydrogen-bond donors (Lipinski definition) is 0. The van der Waals surface area contributed by atoms with Gasteiger partial charge in [0.15, 0.2) is 0 Å². The zero-order chi connectivity index (χ0) is 39.3. The van der Waals surface area contributed by atoms with E-state index in [0.29, 0.717) is 0 Å². The van der Waals surface area contributed by atoms with Crippen molar-refractivity contribution in [3.63, 3.8) is 0 Å². The molecule has 0 spiro atoms. The number of nitrogens with zero attached hydrogens (tertiary/aromatic N) is 2. The highest BCUT2D eigenvalue weighted by Crippen LogP contribution is 2.48. The van der Waals surface area contributed by atoms with E-state index in [2.05, 4.69) is 241 Å². The van der Waals surface area contributed by atoms with Crippen LogP contribution < -0.4 is 4.90 Å². The van der Waals surface area contributed by atoms with Crippen molar-refractivity contribution in [1.29, 1.82) is 0 Å². The quantitative estimate of drug-likeness (QED) is 0.147. The first-order chi connectivity index (χ1) is 29.2. The van der Waals surface area contributed by atoms with Gasteiger partial charge in [0.25, 0.3) is 0 Å². The number of rotatable bonds is 7. The van der Waals surface area contributed by atoms with E-state index < -0.39 is 0 Å². The van der Waals surface area contributed by atoms with E-state index in [1.165, 1.54) is 87.9 Å². The third-order valence-electron chi connectivity index (χ3n) is 12.0. The van der Waals surface area contributed by atoms with Crippen molar-refractivity contribution in [2.45, 2.75) is 0 Å².